The van der Waals surface area contributed by atoms with Crippen molar-refractivity contribution in [1.29, 1.82) is 0 Å². The highest BCUT2D eigenvalue weighted by Crippen LogP contribution is 2.67. The van der Waals surface area contributed by atoms with E-state index in [0.717, 1.165) is 42.6 Å². The predicted octanol–water partition coefficient (Wildman–Crippen LogP) is 11.1. The van der Waals surface area contributed by atoms with Crippen molar-refractivity contribution < 1.29 is 45.4 Å². The van der Waals surface area contributed by atoms with Gasteiger partial charge in [-0.1, -0.05) is 65.5 Å². The standard InChI is InChI=1S/C39H50F6O4/c1-23(2)7-6-8-24(3)31-11-12-32-30-10-9-25-20-28(15-17-36(25,4)33(30)16-18-37(31,32)5)48-34(46)13-14-35(47)49-29-21-26(38(40,41)42)19-27(22-29)39(43,44)45/h9,13-14,19,21-24,28,30-33H,6-8,10-12,15-18,20H2,1-5H3/b14-13+. The number of allylic oxidation sites excluding steroid dienone is 1. The average Bonchev–Trinajstić information content (AvgIpc) is 3.36. The van der Waals surface area contributed by atoms with Gasteiger partial charge in [0.1, 0.15) is 11.9 Å². The number of carbonyl (C=O) groups excluding carboxylic acids is 2. The minimum Gasteiger partial charge on any atom is -0.459 e. The number of ether oxygens (including phenoxy) is 2. The third kappa shape index (κ3) is 8.08. The van der Waals surface area contributed by atoms with Crippen LogP contribution in [-0.2, 0) is 26.7 Å². The van der Waals surface area contributed by atoms with E-state index < -0.39 is 47.3 Å². The van der Waals surface area contributed by atoms with Gasteiger partial charge in [0.2, 0.25) is 0 Å². The number of esters is 2. The third-order valence-electron chi connectivity index (χ3n) is 12.7. The molecule has 4 aliphatic rings. The summed E-state index contributed by atoms with van der Waals surface area (Å²) in [5.74, 6) is 1.21. The zero-order valence-corrected chi connectivity index (χ0v) is 29.2. The van der Waals surface area contributed by atoms with E-state index in [2.05, 4.69) is 40.7 Å². The molecule has 0 N–H and O–H groups in total. The van der Waals surface area contributed by atoms with Crippen molar-refractivity contribution in [2.45, 2.75) is 124 Å². The van der Waals surface area contributed by atoms with Gasteiger partial charge >= 0.3 is 24.3 Å². The summed E-state index contributed by atoms with van der Waals surface area (Å²) in [6, 6.07) is 0.538. The van der Waals surface area contributed by atoms with Crippen LogP contribution in [0.25, 0.3) is 0 Å². The van der Waals surface area contributed by atoms with E-state index in [0.29, 0.717) is 48.3 Å². The summed E-state index contributed by atoms with van der Waals surface area (Å²) in [4.78, 5) is 24.9. The molecule has 272 valence electrons. The SMILES string of the molecule is CC(C)CCCC(C)C1CCC2C3CC=C4CC(OC(=O)/C=C/C(=O)Oc5cc(C(F)(F)F)cc(C(F)(F)F)c5)CCC4(C)C3CCC12C. The Hall–Kier alpha value is -2.78. The predicted molar refractivity (Wildman–Crippen MR) is 174 cm³/mol. The van der Waals surface area contributed by atoms with E-state index in [4.69, 9.17) is 9.47 Å². The number of hydrogen-bond donors (Lipinski definition) is 0. The molecule has 10 heteroatoms. The number of halogens is 6. The van der Waals surface area contributed by atoms with Crippen molar-refractivity contribution in [2.24, 2.45) is 46.3 Å². The van der Waals surface area contributed by atoms with Crippen LogP contribution in [0.1, 0.15) is 116 Å². The van der Waals surface area contributed by atoms with Crippen LogP contribution in [0.2, 0.25) is 0 Å². The first-order valence-electron chi connectivity index (χ1n) is 17.9. The minimum atomic E-state index is -5.09. The molecule has 0 saturated heterocycles. The van der Waals surface area contributed by atoms with Gasteiger partial charge < -0.3 is 9.47 Å². The fourth-order valence-corrected chi connectivity index (χ4v) is 10.2. The molecule has 4 aliphatic carbocycles. The quantitative estimate of drug-likeness (QED) is 0.0848. The van der Waals surface area contributed by atoms with E-state index >= 15 is 0 Å². The zero-order valence-electron chi connectivity index (χ0n) is 29.2. The molecule has 1 aromatic rings. The summed E-state index contributed by atoms with van der Waals surface area (Å²) >= 11 is 0. The lowest BCUT2D eigenvalue weighted by atomic mass is 9.47. The Kier molecular flexibility index (Phi) is 10.8. The van der Waals surface area contributed by atoms with Crippen LogP contribution in [0, 0.1) is 46.3 Å². The van der Waals surface area contributed by atoms with Gasteiger partial charge in [-0.25, -0.2) is 9.59 Å². The molecule has 3 fully saturated rings. The van der Waals surface area contributed by atoms with Crippen molar-refractivity contribution in [3.63, 3.8) is 0 Å². The topological polar surface area (TPSA) is 52.6 Å². The van der Waals surface area contributed by atoms with Crippen molar-refractivity contribution in [3.8, 4) is 5.75 Å². The Bertz CT molecular complexity index is 1410. The minimum absolute atomic E-state index is 0.0496. The second kappa shape index (κ2) is 14.1. The number of alkyl halides is 6. The van der Waals surface area contributed by atoms with Crippen LogP contribution < -0.4 is 4.74 Å². The highest BCUT2D eigenvalue weighted by molar-refractivity contribution is 5.92. The lowest BCUT2D eigenvalue weighted by molar-refractivity contribution is -0.146. The largest absolute Gasteiger partial charge is 0.459 e. The van der Waals surface area contributed by atoms with Crippen LogP contribution in [0.3, 0.4) is 0 Å². The van der Waals surface area contributed by atoms with Gasteiger partial charge in [-0.2, -0.15) is 26.3 Å². The maximum atomic E-state index is 13.1. The van der Waals surface area contributed by atoms with Crippen molar-refractivity contribution in [1.82, 2.24) is 0 Å². The zero-order chi connectivity index (χ0) is 35.9. The normalized spacial score (nSPS) is 32.2. The highest BCUT2D eigenvalue weighted by Gasteiger charge is 2.59. The van der Waals surface area contributed by atoms with Crippen LogP contribution in [-0.4, -0.2) is 18.0 Å². The van der Waals surface area contributed by atoms with E-state index in [1.165, 1.54) is 50.5 Å². The van der Waals surface area contributed by atoms with Crippen molar-refractivity contribution >= 4 is 11.9 Å². The number of carbonyl (C=O) groups is 2. The summed E-state index contributed by atoms with van der Waals surface area (Å²) < 4.78 is 89.1. The van der Waals surface area contributed by atoms with Crippen molar-refractivity contribution in [3.05, 3.63) is 53.1 Å². The fourth-order valence-electron chi connectivity index (χ4n) is 10.2. The van der Waals surface area contributed by atoms with E-state index in [1.807, 2.05) is 0 Å². The van der Waals surface area contributed by atoms with Gasteiger partial charge in [-0.15, -0.1) is 0 Å². The molecule has 1 aromatic carbocycles. The first-order valence-corrected chi connectivity index (χ1v) is 17.9. The second-order valence-electron chi connectivity index (χ2n) is 16.1. The lowest BCUT2D eigenvalue weighted by Crippen LogP contribution is -2.51. The molecule has 0 heterocycles. The molecule has 8 atom stereocenters. The molecular formula is C39H50F6O4. The van der Waals surface area contributed by atoms with Crippen LogP contribution in [0.4, 0.5) is 26.3 Å². The van der Waals surface area contributed by atoms with Crippen LogP contribution >= 0.6 is 0 Å². The molecule has 5 rings (SSSR count). The first-order chi connectivity index (χ1) is 22.8. The highest BCUT2D eigenvalue weighted by atomic mass is 19.4. The molecule has 0 aliphatic heterocycles. The number of benzene rings is 1. The molecule has 4 nitrogen and oxygen atoms in total. The van der Waals surface area contributed by atoms with Gasteiger partial charge in [-0.05, 0) is 109 Å². The fraction of sp³-hybridized carbons (Fsp3) is 0.692. The molecule has 3 saturated carbocycles. The van der Waals surface area contributed by atoms with Gasteiger partial charge in [-0.3, -0.25) is 0 Å². The first kappa shape index (κ1) is 37.5. The Morgan fingerprint density at radius 2 is 1.51 bits per heavy atom. The average molecular weight is 697 g/mol. The monoisotopic (exact) mass is 696 g/mol. The lowest BCUT2D eigenvalue weighted by Gasteiger charge is -2.58. The van der Waals surface area contributed by atoms with Crippen LogP contribution in [0.15, 0.2) is 42.0 Å². The molecule has 49 heavy (non-hydrogen) atoms. The maximum Gasteiger partial charge on any atom is 0.416 e. The Balaban J connectivity index is 1.18. The number of hydrogen-bond acceptors (Lipinski definition) is 4. The third-order valence-corrected chi connectivity index (χ3v) is 12.7. The summed E-state index contributed by atoms with van der Waals surface area (Å²) in [6.45, 7) is 12.0. The molecule has 0 aromatic heterocycles. The van der Waals surface area contributed by atoms with Gasteiger partial charge in [0.25, 0.3) is 0 Å². The van der Waals surface area contributed by atoms with E-state index in [-0.39, 0.29) is 11.5 Å². The molecular weight excluding hydrogens is 646 g/mol. The Labute approximate surface area is 286 Å². The number of fused-ring (bicyclic) bond motifs is 5. The summed E-state index contributed by atoms with van der Waals surface area (Å²) in [7, 11) is 0. The van der Waals surface area contributed by atoms with E-state index in [1.54, 1.807) is 0 Å². The van der Waals surface area contributed by atoms with Gasteiger partial charge in [0.05, 0.1) is 11.1 Å². The second-order valence-corrected chi connectivity index (χ2v) is 16.1. The smallest absolute Gasteiger partial charge is 0.416 e. The summed E-state index contributed by atoms with van der Waals surface area (Å²) in [5.41, 5.74) is -1.46. The molecule has 8 unspecified atom stereocenters. The Morgan fingerprint density at radius 1 is 0.857 bits per heavy atom. The summed E-state index contributed by atoms with van der Waals surface area (Å²) in [5, 5.41) is 0. The van der Waals surface area contributed by atoms with Crippen LogP contribution in [0.5, 0.6) is 5.75 Å². The molecule has 0 amide bonds. The van der Waals surface area contributed by atoms with Crippen molar-refractivity contribution in [2.75, 3.05) is 0 Å². The van der Waals surface area contributed by atoms with Gasteiger partial charge in [0, 0.05) is 18.6 Å². The molecule has 0 spiro atoms. The number of rotatable bonds is 9. The van der Waals surface area contributed by atoms with E-state index in [9.17, 15) is 35.9 Å². The molecule has 0 bridgehead atoms. The summed E-state index contributed by atoms with van der Waals surface area (Å²) in [6.07, 6.45) is 5.50. The Morgan fingerprint density at radius 3 is 2.14 bits per heavy atom. The maximum absolute atomic E-state index is 13.1. The molecule has 0 radical (unpaired) electrons. The van der Waals surface area contributed by atoms with Gasteiger partial charge in [0.15, 0.2) is 0 Å².